The quantitative estimate of drug-likeness (QED) is 0.258. The summed E-state index contributed by atoms with van der Waals surface area (Å²) < 4.78 is 5.00. The molecule has 0 radical (unpaired) electrons. The molecule has 1 N–H and O–H groups in total. The first-order valence-electron chi connectivity index (χ1n) is 9.22. The maximum atomic E-state index is 12.8. The highest BCUT2D eigenvalue weighted by atomic mass is 35.5. The van der Waals surface area contributed by atoms with Crippen LogP contribution in [0.4, 0.5) is 5.69 Å². The minimum Gasteiger partial charge on any atom is -0.454 e. The molecular formula is C21H16Cl4N2O5. The topological polar surface area (TPSA) is 92.8 Å². The van der Waals surface area contributed by atoms with E-state index >= 15 is 0 Å². The molecule has 2 aromatic carbocycles. The van der Waals surface area contributed by atoms with Crippen molar-refractivity contribution >= 4 is 75.8 Å². The van der Waals surface area contributed by atoms with E-state index in [4.69, 9.17) is 51.1 Å². The van der Waals surface area contributed by atoms with E-state index in [0.29, 0.717) is 10.6 Å². The molecule has 1 atom stereocenters. The fourth-order valence-corrected chi connectivity index (χ4v) is 4.34. The summed E-state index contributed by atoms with van der Waals surface area (Å²) in [5.41, 5.74) is 1.96. The molecule has 1 heterocycles. The van der Waals surface area contributed by atoms with Crippen LogP contribution in [-0.4, -0.2) is 41.2 Å². The second kappa shape index (κ2) is 9.27. The average molecular weight is 518 g/mol. The summed E-state index contributed by atoms with van der Waals surface area (Å²) in [6.07, 6.45) is 0. The molecule has 1 aliphatic heterocycles. The maximum Gasteiger partial charge on any atom is 0.329 e. The van der Waals surface area contributed by atoms with Crippen molar-refractivity contribution in [3.63, 3.8) is 0 Å². The second-order valence-corrected chi connectivity index (χ2v) is 8.71. The molecule has 1 aliphatic rings. The number of amides is 3. The van der Waals surface area contributed by atoms with Gasteiger partial charge in [0.2, 0.25) is 0 Å². The van der Waals surface area contributed by atoms with Crippen LogP contribution in [0, 0.1) is 13.8 Å². The molecule has 0 aromatic heterocycles. The van der Waals surface area contributed by atoms with Crippen LogP contribution in [0.25, 0.3) is 0 Å². The van der Waals surface area contributed by atoms with E-state index in [1.807, 2.05) is 19.9 Å². The number of nitrogens with zero attached hydrogens (tertiary/aromatic N) is 1. The predicted molar refractivity (Wildman–Crippen MR) is 122 cm³/mol. The highest BCUT2D eigenvalue weighted by molar-refractivity contribution is 6.55. The monoisotopic (exact) mass is 516 g/mol. The molecule has 0 bridgehead atoms. The summed E-state index contributed by atoms with van der Waals surface area (Å²) in [4.78, 5) is 50.9. The van der Waals surface area contributed by atoms with E-state index in [0.717, 1.165) is 11.1 Å². The first kappa shape index (κ1) is 24.3. The SMILES string of the molecule is Cc1cc(C)cc(NC(=O)COC(=O)[C@H](C)N2C(=O)c3c(Cl)c(Cl)c(Cl)c(Cl)c3C2=O)c1. The van der Waals surface area contributed by atoms with Crippen molar-refractivity contribution in [1.29, 1.82) is 0 Å². The van der Waals surface area contributed by atoms with Gasteiger partial charge in [0.15, 0.2) is 6.61 Å². The minimum absolute atomic E-state index is 0.182. The van der Waals surface area contributed by atoms with Gasteiger partial charge in [-0.2, -0.15) is 0 Å². The summed E-state index contributed by atoms with van der Waals surface area (Å²) in [6.45, 7) is 4.42. The third-order valence-electron chi connectivity index (χ3n) is 4.71. The third kappa shape index (κ3) is 4.43. The molecule has 0 fully saturated rings. The molecule has 0 spiro atoms. The smallest absolute Gasteiger partial charge is 0.329 e. The number of aryl methyl sites for hydroxylation is 2. The molecule has 2 aromatic rings. The molecule has 0 unspecified atom stereocenters. The Morgan fingerprint density at radius 1 is 0.906 bits per heavy atom. The minimum atomic E-state index is -1.36. The molecular weight excluding hydrogens is 502 g/mol. The number of carbonyl (C=O) groups is 4. The number of ether oxygens (including phenoxy) is 1. The van der Waals surface area contributed by atoms with E-state index in [1.165, 1.54) is 6.92 Å². The summed E-state index contributed by atoms with van der Waals surface area (Å²) >= 11 is 24.1. The van der Waals surface area contributed by atoms with Gasteiger partial charge in [-0.05, 0) is 44.0 Å². The lowest BCUT2D eigenvalue weighted by molar-refractivity contribution is -0.150. The molecule has 3 amide bonds. The van der Waals surface area contributed by atoms with Crippen LogP contribution in [0.2, 0.25) is 20.1 Å². The van der Waals surface area contributed by atoms with Crippen LogP contribution < -0.4 is 5.32 Å². The maximum absolute atomic E-state index is 12.8. The largest absolute Gasteiger partial charge is 0.454 e. The van der Waals surface area contributed by atoms with Crippen LogP contribution in [0.15, 0.2) is 18.2 Å². The van der Waals surface area contributed by atoms with Crippen molar-refractivity contribution in [3.8, 4) is 0 Å². The summed E-state index contributed by atoms with van der Waals surface area (Å²) in [7, 11) is 0. The van der Waals surface area contributed by atoms with Crippen LogP contribution >= 0.6 is 46.4 Å². The first-order chi connectivity index (χ1) is 14.9. The number of benzene rings is 2. The fraction of sp³-hybridized carbons (Fsp3) is 0.238. The first-order valence-corrected chi connectivity index (χ1v) is 10.7. The highest BCUT2D eigenvalue weighted by Crippen LogP contribution is 2.45. The fourth-order valence-electron chi connectivity index (χ4n) is 3.32. The zero-order valence-electron chi connectivity index (χ0n) is 17.0. The Morgan fingerprint density at radius 3 is 1.84 bits per heavy atom. The highest BCUT2D eigenvalue weighted by Gasteiger charge is 2.45. The van der Waals surface area contributed by atoms with E-state index in [2.05, 4.69) is 5.32 Å². The van der Waals surface area contributed by atoms with E-state index in [-0.39, 0.29) is 31.2 Å². The average Bonchev–Trinajstić information content (AvgIpc) is 2.97. The summed E-state index contributed by atoms with van der Waals surface area (Å²) in [6, 6.07) is 4.11. The number of fused-ring (bicyclic) bond motifs is 1. The Hall–Kier alpha value is -2.32. The van der Waals surface area contributed by atoms with Crippen molar-refractivity contribution in [3.05, 3.63) is 60.5 Å². The Labute approximate surface area is 203 Å². The van der Waals surface area contributed by atoms with Gasteiger partial charge in [-0.15, -0.1) is 0 Å². The molecule has 7 nitrogen and oxygen atoms in total. The number of hydrogen-bond acceptors (Lipinski definition) is 5. The number of halogens is 4. The van der Waals surface area contributed by atoms with E-state index in [9.17, 15) is 19.2 Å². The molecule has 0 aliphatic carbocycles. The lowest BCUT2D eigenvalue weighted by atomic mass is 10.1. The number of rotatable bonds is 5. The lowest BCUT2D eigenvalue weighted by Crippen LogP contribution is -2.44. The normalized spacial score (nSPS) is 13.8. The van der Waals surface area contributed by atoms with Crippen molar-refractivity contribution in [1.82, 2.24) is 4.90 Å². The van der Waals surface area contributed by atoms with Gasteiger partial charge >= 0.3 is 5.97 Å². The number of carbonyl (C=O) groups excluding carboxylic acids is 4. The van der Waals surface area contributed by atoms with E-state index in [1.54, 1.807) is 12.1 Å². The number of esters is 1. The van der Waals surface area contributed by atoms with Crippen molar-refractivity contribution in [2.75, 3.05) is 11.9 Å². The number of hydrogen-bond donors (Lipinski definition) is 1. The third-order valence-corrected chi connectivity index (χ3v) is 6.51. The van der Waals surface area contributed by atoms with Gasteiger partial charge in [-0.3, -0.25) is 19.3 Å². The molecule has 32 heavy (non-hydrogen) atoms. The second-order valence-electron chi connectivity index (χ2n) is 7.19. The number of nitrogens with one attached hydrogen (secondary N) is 1. The number of imide groups is 1. The standard InChI is InChI=1S/C21H16Cl4N2O5/c1-8-4-9(2)6-11(5-8)26-12(28)7-32-21(31)10(3)27-19(29)13-14(20(27)30)16(23)18(25)17(24)15(13)22/h4-6,10H,7H2,1-3H3,(H,26,28)/t10-/m0/s1. The zero-order valence-corrected chi connectivity index (χ0v) is 20.0. The van der Waals surface area contributed by atoms with Gasteiger partial charge < -0.3 is 10.1 Å². The van der Waals surface area contributed by atoms with Crippen LogP contribution in [-0.2, 0) is 14.3 Å². The van der Waals surface area contributed by atoms with E-state index < -0.39 is 36.3 Å². The van der Waals surface area contributed by atoms with Gasteiger partial charge in [0.1, 0.15) is 6.04 Å². The molecule has 0 saturated carbocycles. The van der Waals surface area contributed by atoms with Crippen molar-refractivity contribution < 1.29 is 23.9 Å². The van der Waals surface area contributed by atoms with Crippen LogP contribution in [0.5, 0.6) is 0 Å². The van der Waals surface area contributed by atoms with Gasteiger partial charge in [-0.1, -0.05) is 52.5 Å². The predicted octanol–water partition coefficient (Wildman–Crippen LogP) is 5.08. The summed E-state index contributed by atoms with van der Waals surface area (Å²) in [5, 5.41) is 1.76. The molecule has 168 valence electrons. The van der Waals surface area contributed by atoms with Gasteiger partial charge in [-0.25, -0.2) is 4.79 Å². The number of anilines is 1. The zero-order chi connectivity index (χ0) is 23.9. The summed E-state index contributed by atoms with van der Waals surface area (Å²) in [5.74, 6) is -3.30. The van der Waals surface area contributed by atoms with Crippen molar-refractivity contribution in [2.45, 2.75) is 26.8 Å². The lowest BCUT2D eigenvalue weighted by Gasteiger charge is -2.20. The Kier molecular flexibility index (Phi) is 7.05. The Morgan fingerprint density at radius 2 is 1.38 bits per heavy atom. The van der Waals surface area contributed by atoms with Gasteiger partial charge in [0.05, 0.1) is 31.2 Å². The van der Waals surface area contributed by atoms with Crippen LogP contribution in [0.3, 0.4) is 0 Å². The molecule has 3 rings (SSSR count). The Bertz CT molecular complexity index is 1110. The van der Waals surface area contributed by atoms with Gasteiger partial charge in [0.25, 0.3) is 17.7 Å². The van der Waals surface area contributed by atoms with Crippen molar-refractivity contribution in [2.24, 2.45) is 0 Å². The Balaban J connectivity index is 1.71. The molecule has 11 heteroatoms. The molecule has 0 saturated heterocycles. The van der Waals surface area contributed by atoms with Gasteiger partial charge in [0, 0.05) is 5.69 Å². The van der Waals surface area contributed by atoms with Crippen LogP contribution in [0.1, 0.15) is 38.8 Å².